The Bertz CT molecular complexity index is 2130. The maximum absolute atomic E-state index is 14.2. The van der Waals surface area contributed by atoms with Gasteiger partial charge in [0.15, 0.2) is 18.3 Å². The van der Waals surface area contributed by atoms with Gasteiger partial charge in [-0.1, -0.05) is 94.5 Å². The van der Waals surface area contributed by atoms with Crippen LogP contribution in [-0.4, -0.2) is 46.2 Å². The second-order valence-electron chi connectivity index (χ2n) is 13.9. The zero-order valence-corrected chi connectivity index (χ0v) is 33.6. The lowest BCUT2D eigenvalue weighted by Gasteiger charge is -2.16. The number of benzene rings is 3. The first kappa shape index (κ1) is 42.0. The number of fused-ring (bicyclic) bond motifs is 1. The summed E-state index contributed by atoms with van der Waals surface area (Å²) >= 11 is 6.62. The molecule has 0 spiro atoms. The van der Waals surface area contributed by atoms with Crippen molar-refractivity contribution in [2.75, 3.05) is 35.8 Å². The van der Waals surface area contributed by atoms with Crippen molar-refractivity contribution < 1.29 is 19.1 Å². The molecule has 2 heterocycles. The highest BCUT2D eigenvalue weighted by Gasteiger charge is 2.24. The van der Waals surface area contributed by atoms with Crippen LogP contribution in [0.25, 0.3) is 11.1 Å². The van der Waals surface area contributed by atoms with Gasteiger partial charge >= 0.3 is 0 Å². The van der Waals surface area contributed by atoms with Crippen molar-refractivity contribution >= 4 is 57.1 Å². The number of hydrogen-bond donors (Lipinski definition) is 4. The number of aliphatic hydroxyl groups is 1. The Morgan fingerprint density at radius 1 is 0.911 bits per heavy atom. The number of aromatic nitrogens is 2. The quantitative estimate of drug-likeness (QED) is 0.0291. The summed E-state index contributed by atoms with van der Waals surface area (Å²) in [5.41, 5.74) is 3.76. The molecule has 0 saturated carbocycles. The molecule has 1 amide bonds. The third-order valence-corrected chi connectivity index (χ3v) is 9.96. The molecule has 0 unspecified atom stereocenters. The standard InChI is InChI=1S/C44H55ClN6O5/c1-4-6-7-8-9-10-11-12-13-14-17-32-18-15-16-19-39(32)56-30-47-34-20-22-36(45)38(29-34)49-42(53)40(48-37-23-21-33(46-5-2)28-31(37)3)41-50-43-35(24-27-55-43)44(54)51(41)25-26-52/h15-16,18-24,27-29,46-47,52H,4-14,17,25-26,30H2,1-3H3,(H,49,53). The van der Waals surface area contributed by atoms with Gasteiger partial charge in [0.25, 0.3) is 11.5 Å². The monoisotopic (exact) mass is 782 g/mol. The van der Waals surface area contributed by atoms with Crippen molar-refractivity contribution in [3.8, 4) is 5.75 Å². The Labute approximate surface area is 334 Å². The van der Waals surface area contributed by atoms with Gasteiger partial charge in [-0.15, -0.1) is 0 Å². The third-order valence-electron chi connectivity index (χ3n) is 9.63. The van der Waals surface area contributed by atoms with Gasteiger partial charge in [0.05, 0.1) is 35.8 Å². The van der Waals surface area contributed by atoms with Gasteiger partial charge in [-0.05, 0) is 86.3 Å². The molecule has 0 radical (unpaired) electrons. The van der Waals surface area contributed by atoms with Crippen molar-refractivity contribution in [2.24, 2.45) is 4.99 Å². The van der Waals surface area contributed by atoms with Crippen molar-refractivity contribution in [1.29, 1.82) is 0 Å². The van der Waals surface area contributed by atoms with Crippen LogP contribution in [-0.2, 0) is 17.8 Å². The fourth-order valence-corrected chi connectivity index (χ4v) is 6.78. The predicted molar refractivity (Wildman–Crippen MR) is 228 cm³/mol. The number of ether oxygens (including phenoxy) is 1. The van der Waals surface area contributed by atoms with E-state index in [0.717, 1.165) is 36.4 Å². The molecule has 11 nitrogen and oxygen atoms in total. The van der Waals surface area contributed by atoms with Gasteiger partial charge in [-0.2, -0.15) is 4.98 Å². The van der Waals surface area contributed by atoms with E-state index in [2.05, 4.69) is 33.9 Å². The number of unbranched alkanes of at least 4 members (excludes halogenated alkanes) is 9. The normalized spacial score (nSPS) is 11.6. The number of aliphatic hydroxyl groups excluding tert-OH is 1. The number of nitrogens with zero attached hydrogens (tertiary/aromatic N) is 3. The molecule has 3 aromatic carbocycles. The van der Waals surface area contributed by atoms with Gasteiger partial charge in [0, 0.05) is 17.9 Å². The first-order valence-electron chi connectivity index (χ1n) is 19.9. The number of nitrogens with one attached hydrogen (secondary N) is 3. The summed E-state index contributed by atoms with van der Waals surface area (Å²) in [5.74, 6) is 0.110. The average Bonchev–Trinajstić information content (AvgIpc) is 3.67. The Morgan fingerprint density at radius 2 is 1.62 bits per heavy atom. The lowest BCUT2D eigenvalue weighted by atomic mass is 10.0. The van der Waals surface area contributed by atoms with Gasteiger partial charge < -0.3 is 30.2 Å². The number of para-hydroxylation sites is 1. The number of hydrogen-bond acceptors (Lipinski definition) is 9. The second-order valence-corrected chi connectivity index (χ2v) is 14.3. The van der Waals surface area contributed by atoms with E-state index in [9.17, 15) is 14.7 Å². The maximum atomic E-state index is 14.2. The van der Waals surface area contributed by atoms with E-state index in [4.69, 9.17) is 25.7 Å². The lowest BCUT2D eigenvalue weighted by molar-refractivity contribution is -0.110. The first-order valence-corrected chi connectivity index (χ1v) is 20.3. The smallest absolute Gasteiger partial charge is 0.278 e. The average molecular weight is 783 g/mol. The van der Waals surface area contributed by atoms with E-state index >= 15 is 0 Å². The SMILES string of the molecule is CCCCCCCCCCCCc1ccccc1OCNc1ccc(Cl)c(NC(=O)C(=Nc2ccc(NCC)cc2C)c2nc3occc3c(=O)n2CCO)c1. The topological polar surface area (TPSA) is 143 Å². The van der Waals surface area contributed by atoms with Crippen LogP contribution in [0.4, 0.5) is 22.7 Å². The molecule has 0 atom stereocenters. The number of halogens is 1. The Balaban J connectivity index is 1.28. The fourth-order valence-electron chi connectivity index (χ4n) is 6.62. The molecule has 0 aliphatic heterocycles. The van der Waals surface area contributed by atoms with E-state index in [1.54, 1.807) is 24.3 Å². The molecule has 0 bridgehead atoms. The van der Waals surface area contributed by atoms with Gasteiger partial charge in [-0.3, -0.25) is 14.2 Å². The minimum absolute atomic E-state index is 0.0493. The van der Waals surface area contributed by atoms with E-state index in [1.165, 1.54) is 80.2 Å². The molecule has 5 aromatic rings. The largest absolute Gasteiger partial charge is 0.473 e. The van der Waals surface area contributed by atoms with Crippen LogP contribution in [0.15, 0.2) is 87.2 Å². The molecule has 0 aliphatic carbocycles. The van der Waals surface area contributed by atoms with E-state index in [1.807, 2.05) is 44.2 Å². The van der Waals surface area contributed by atoms with Crippen molar-refractivity contribution in [3.05, 3.63) is 105 Å². The highest BCUT2D eigenvalue weighted by molar-refractivity contribution is 6.49. The Hall–Kier alpha value is -5.13. The van der Waals surface area contributed by atoms with Crippen LogP contribution in [0.2, 0.25) is 5.02 Å². The summed E-state index contributed by atoms with van der Waals surface area (Å²) < 4.78 is 12.9. The molecule has 2 aromatic heterocycles. The van der Waals surface area contributed by atoms with Crippen molar-refractivity contribution in [1.82, 2.24) is 9.55 Å². The zero-order valence-electron chi connectivity index (χ0n) is 32.8. The molecule has 4 N–H and O–H groups in total. The van der Waals surface area contributed by atoms with E-state index in [-0.39, 0.29) is 42.5 Å². The molecule has 12 heteroatoms. The summed E-state index contributed by atoms with van der Waals surface area (Å²) in [6, 6.07) is 20.4. The van der Waals surface area contributed by atoms with Gasteiger partial charge in [-0.25, -0.2) is 4.99 Å². The van der Waals surface area contributed by atoms with Gasteiger partial charge in [0.2, 0.25) is 5.71 Å². The number of carbonyl (C=O) groups excluding carboxylic acids is 1. The number of carbonyl (C=O) groups is 1. The number of furan rings is 1. The first-order chi connectivity index (χ1) is 27.3. The number of amides is 1. The molecule has 298 valence electrons. The molecule has 0 fully saturated rings. The maximum Gasteiger partial charge on any atom is 0.278 e. The summed E-state index contributed by atoms with van der Waals surface area (Å²) in [4.78, 5) is 37.0. The number of anilines is 3. The third kappa shape index (κ3) is 11.7. The molecule has 56 heavy (non-hydrogen) atoms. The molecular weight excluding hydrogens is 728 g/mol. The lowest BCUT2D eigenvalue weighted by Crippen LogP contribution is -2.34. The molecular formula is C44H55ClN6O5. The highest BCUT2D eigenvalue weighted by Crippen LogP contribution is 2.28. The minimum Gasteiger partial charge on any atom is -0.473 e. The fraction of sp³-hybridized carbons (Fsp3) is 0.409. The Kier molecular flexibility index (Phi) is 16.4. The Morgan fingerprint density at radius 3 is 2.36 bits per heavy atom. The summed E-state index contributed by atoms with van der Waals surface area (Å²) in [5, 5.41) is 19.8. The van der Waals surface area contributed by atoms with Crippen LogP contribution in [0, 0.1) is 6.92 Å². The second kappa shape index (κ2) is 21.8. The predicted octanol–water partition coefficient (Wildman–Crippen LogP) is 10.0. The molecule has 0 aliphatic rings. The number of aliphatic imine (C=N–C) groups is 1. The van der Waals surface area contributed by atoms with E-state index in [0.29, 0.717) is 22.1 Å². The summed E-state index contributed by atoms with van der Waals surface area (Å²) in [6.45, 7) is 6.59. The van der Waals surface area contributed by atoms with Gasteiger partial charge in [0.1, 0.15) is 11.1 Å². The van der Waals surface area contributed by atoms with E-state index < -0.39 is 11.5 Å². The minimum atomic E-state index is -0.666. The van der Waals surface area contributed by atoms with Crippen LogP contribution < -0.4 is 26.2 Å². The number of rotatable bonds is 23. The van der Waals surface area contributed by atoms with Crippen molar-refractivity contribution in [3.63, 3.8) is 0 Å². The zero-order chi connectivity index (χ0) is 39.7. The van der Waals surface area contributed by atoms with Crippen LogP contribution in [0.1, 0.15) is 95.0 Å². The van der Waals surface area contributed by atoms with Crippen LogP contribution in [0.3, 0.4) is 0 Å². The summed E-state index contributed by atoms with van der Waals surface area (Å²) in [6.07, 6.45) is 15.3. The van der Waals surface area contributed by atoms with Crippen molar-refractivity contribution in [2.45, 2.75) is 97.9 Å². The number of aryl methyl sites for hydroxylation is 2. The molecule has 5 rings (SSSR count). The van der Waals surface area contributed by atoms with Crippen LogP contribution >= 0.6 is 11.6 Å². The summed E-state index contributed by atoms with van der Waals surface area (Å²) in [7, 11) is 0. The van der Waals surface area contributed by atoms with Crippen LogP contribution in [0.5, 0.6) is 5.75 Å². The molecule has 0 saturated heterocycles. The highest BCUT2D eigenvalue weighted by atomic mass is 35.5.